The molecule has 0 aliphatic rings. The van der Waals surface area contributed by atoms with Crippen LogP contribution in [-0.4, -0.2) is 0 Å². The normalized spacial score (nSPS) is 11.5. The molecule has 2 nitrogen and oxygen atoms in total. The molecule has 4 aromatic carbocycles. The van der Waals surface area contributed by atoms with Crippen LogP contribution in [0.25, 0.3) is 56.6 Å². The van der Waals surface area contributed by atoms with E-state index in [1.165, 1.54) is 54.6 Å². The number of nitrogens with zero attached hydrogens (tertiary/aromatic N) is 2. The summed E-state index contributed by atoms with van der Waals surface area (Å²) in [4.78, 5) is 0. The minimum atomic E-state index is 0. The fraction of sp³-hybridized carbons (Fsp3) is 0.0625. The number of hydrogen-bond acceptors (Lipinski definition) is 0. The van der Waals surface area contributed by atoms with Gasteiger partial charge in [-0.05, 0) is 54.6 Å². The standard InChI is InChI=1S/C32H26N2.2HI/c1-33-19-15-23(16-20-33)3-5-25-7-9-27-11-12-28-10-8-26(6-4-24-17-21-34(2)22-18-24)30-14-13-29(25)31(27)32(28)30;;/h3-22H,1-2H3;2*1H/q+2;;/p-2/b5-3+,6-4+;;. The highest BCUT2D eigenvalue weighted by molar-refractivity contribution is 6.25. The predicted molar refractivity (Wildman–Crippen MR) is 143 cm³/mol. The molecule has 0 aliphatic carbocycles. The second-order valence-corrected chi connectivity index (χ2v) is 8.99. The summed E-state index contributed by atoms with van der Waals surface area (Å²) in [6.07, 6.45) is 17.2. The number of halogens is 2. The van der Waals surface area contributed by atoms with Crippen molar-refractivity contribution in [2.75, 3.05) is 0 Å². The van der Waals surface area contributed by atoms with Crippen LogP contribution in [0.4, 0.5) is 0 Å². The first-order chi connectivity index (χ1) is 16.7. The summed E-state index contributed by atoms with van der Waals surface area (Å²) in [7, 11) is 4.08. The Labute approximate surface area is 246 Å². The topological polar surface area (TPSA) is 7.76 Å². The zero-order valence-electron chi connectivity index (χ0n) is 20.2. The van der Waals surface area contributed by atoms with Crippen molar-refractivity contribution in [1.82, 2.24) is 0 Å². The van der Waals surface area contributed by atoms with Gasteiger partial charge in [0.2, 0.25) is 0 Å². The second kappa shape index (κ2) is 11.0. The minimum Gasteiger partial charge on any atom is -1.00 e. The molecular weight excluding hydrogens is 666 g/mol. The Hall–Kier alpha value is -2.84. The van der Waals surface area contributed by atoms with Crippen LogP contribution in [-0.2, 0) is 14.1 Å². The summed E-state index contributed by atoms with van der Waals surface area (Å²) < 4.78 is 4.11. The molecule has 0 spiro atoms. The molecule has 2 heterocycles. The fourth-order valence-corrected chi connectivity index (χ4v) is 4.76. The Kier molecular flexibility index (Phi) is 8.05. The molecule has 0 bridgehead atoms. The third kappa shape index (κ3) is 5.02. The number of hydrogen-bond donors (Lipinski definition) is 0. The van der Waals surface area contributed by atoms with E-state index in [0.29, 0.717) is 0 Å². The van der Waals surface area contributed by atoms with Crippen molar-refractivity contribution < 1.29 is 57.1 Å². The van der Waals surface area contributed by atoms with Crippen molar-refractivity contribution in [3.63, 3.8) is 0 Å². The van der Waals surface area contributed by atoms with Crippen LogP contribution < -0.4 is 57.1 Å². The predicted octanol–water partition coefficient (Wildman–Crippen LogP) is 0.582. The minimum absolute atomic E-state index is 0. The van der Waals surface area contributed by atoms with Gasteiger partial charge in [-0.3, -0.25) is 0 Å². The van der Waals surface area contributed by atoms with Gasteiger partial charge in [0.25, 0.3) is 0 Å². The molecule has 6 aromatic rings. The maximum absolute atomic E-state index is 2.29. The van der Waals surface area contributed by atoms with Gasteiger partial charge in [-0.2, -0.15) is 0 Å². The van der Waals surface area contributed by atoms with Crippen LogP contribution in [0, 0.1) is 0 Å². The number of rotatable bonds is 4. The molecule has 0 amide bonds. The van der Waals surface area contributed by atoms with Crippen LogP contribution in [0.15, 0.2) is 97.6 Å². The van der Waals surface area contributed by atoms with E-state index in [1.54, 1.807) is 0 Å². The molecule has 0 fully saturated rings. The van der Waals surface area contributed by atoms with Gasteiger partial charge < -0.3 is 48.0 Å². The number of aromatic nitrogens is 2. The zero-order chi connectivity index (χ0) is 23.1. The average molecular weight is 692 g/mol. The van der Waals surface area contributed by atoms with Crippen molar-refractivity contribution >= 4 is 56.6 Å². The Morgan fingerprint density at radius 3 is 1.19 bits per heavy atom. The van der Waals surface area contributed by atoms with Crippen molar-refractivity contribution in [1.29, 1.82) is 0 Å². The molecule has 6 rings (SSSR count). The Bertz CT molecular complexity index is 1570. The lowest BCUT2D eigenvalue weighted by atomic mass is 9.89. The molecule has 0 saturated heterocycles. The third-order valence-electron chi connectivity index (χ3n) is 6.65. The van der Waals surface area contributed by atoms with Crippen molar-refractivity contribution in [2.24, 2.45) is 14.1 Å². The molecule has 0 atom stereocenters. The van der Waals surface area contributed by atoms with E-state index in [0.717, 1.165) is 0 Å². The van der Waals surface area contributed by atoms with Gasteiger partial charge in [0, 0.05) is 24.3 Å². The van der Waals surface area contributed by atoms with Gasteiger partial charge in [0.05, 0.1) is 0 Å². The molecule has 0 aliphatic heterocycles. The molecule has 178 valence electrons. The maximum Gasteiger partial charge on any atom is 0.169 e. The van der Waals surface area contributed by atoms with Gasteiger partial charge in [-0.25, -0.2) is 9.13 Å². The van der Waals surface area contributed by atoms with E-state index >= 15 is 0 Å². The Balaban J connectivity index is 0.00000152. The maximum atomic E-state index is 2.29. The van der Waals surface area contributed by atoms with E-state index in [9.17, 15) is 0 Å². The average Bonchev–Trinajstić information content (AvgIpc) is 2.87. The first kappa shape index (κ1) is 26.2. The van der Waals surface area contributed by atoms with E-state index in [-0.39, 0.29) is 48.0 Å². The summed E-state index contributed by atoms with van der Waals surface area (Å²) in [5.41, 5.74) is 4.89. The SMILES string of the molecule is C[n+]1ccc(/C=C/c2ccc3ccc4ccc(/C=C/c5cc[n+](C)cc5)c5ccc2c3c45)cc1.[I-].[I-]. The summed E-state index contributed by atoms with van der Waals surface area (Å²) >= 11 is 0. The molecule has 4 heteroatoms. The van der Waals surface area contributed by atoms with Crippen LogP contribution in [0.3, 0.4) is 0 Å². The van der Waals surface area contributed by atoms with E-state index in [2.05, 4.69) is 131 Å². The van der Waals surface area contributed by atoms with Gasteiger partial charge in [0.15, 0.2) is 24.8 Å². The van der Waals surface area contributed by atoms with Crippen LogP contribution in [0.5, 0.6) is 0 Å². The summed E-state index contributed by atoms with van der Waals surface area (Å²) in [6, 6.07) is 26.6. The molecule has 0 N–H and O–H groups in total. The first-order valence-corrected chi connectivity index (χ1v) is 11.6. The van der Waals surface area contributed by atoms with Crippen molar-refractivity contribution in [2.45, 2.75) is 0 Å². The van der Waals surface area contributed by atoms with Crippen LogP contribution in [0.1, 0.15) is 22.3 Å². The Morgan fingerprint density at radius 2 is 0.806 bits per heavy atom. The van der Waals surface area contributed by atoms with Crippen LogP contribution in [0.2, 0.25) is 0 Å². The molecule has 0 saturated carbocycles. The van der Waals surface area contributed by atoms with E-state index in [4.69, 9.17) is 0 Å². The molecule has 0 unspecified atom stereocenters. The van der Waals surface area contributed by atoms with Gasteiger partial charge in [-0.15, -0.1) is 0 Å². The largest absolute Gasteiger partial charge is 1.00 e. The highest BCUT2D eigenvalue weighted by Gasteiger charge is 2.11. The van der Waals surface area contributed by atoms with Gasteiger partial charge >= 0.3 is 0 Å². The van der Waals surface area contributed by atoms with E-state index in [1.807, 2.05) is 14.1 Å². The van der Waals surface area contributed by atoms with Crippen molar-refractivity contribution in [3.8, 4) is 0 Å². The quantitative estimate of drug-likeness (QED) is 0.145. The fourth-order valence-electron chi connectivity index (χ4n) is 4.76. The lowest BCUT2D eigenvalue weighted by molar-refractivity contribution is -0.671. The lowest BCUT2D eigenvalue weighted by Gasteiger charge is -2.14. The number of benzene rings is 4. The smallest absolute Gasteiger partial charge is 0.169 e. The third-order valence-corrected chi connectivity index (χ3v) is 6.65. The monoisotopic (exact) mass is 692 g/mol. The highest BCUT2D eigenvalue weighted by atomic mass is 127. The molecule has 0 radical (unpaired) electrons. The van der Waals surface area contributed by atoms with Gasteiger partial charge in [0.1, 0.15) is 14.1 Å². The highest BCUT2D eigenvalue weighted by Crippen LogP contribution is 2.38. The first-order valence-electron chi connectivity index (χ1n) is 11.6. The van der Waals surface area contributed by atoms with Crippen LogP contribution >= 0.6 is 0 Å². The zero-order valence-corrected chi connectivity index (χ0v) is 24.5. The summed E-state index contributed by atoms with van der Waals surface area (Å²) in [5.74, 6) is 0. The number of pyridine rings is 2. The van der Waals surface area contributed by atoms with E-state index < -0.39 is 0 Å². The summed E-state index contributed by atoms with van der Waals surface area (Å²) in [6.45, 7) is 0. The molecule has 2 aromatic heterocycles. The second-order valence-electron chi connectivity index (χ2n) is 8.99. The Morgan fingerprint density at radius 1 is 0.444 bits per heavy atom. The summed E-state index contributed by atoms with van der Waals surface area (Å²) in [5, 5.41) is 7.86. The molecule has 36 heavy (non-hydrogen) atoms. The van der Waals surface area contributed by atoms with Crippen molar-refractivity contribution in [3.05, 3.63) is 120 Å². The van der Waals surface area contributed by atoms with Gasteiger partial charge in [-0.1, -0.05) is 72.8 Å². The molecular formula is C32H26I2N2. The lowest BCUT2D eigenvalue weighted by Crippen LogP contribution is -3.00. The number of aryl methyl sites for hydroxylation is 2.